The number of hydrogen-bond donors (Lipinski definition) is 2. The van der Waals surface area contributed by atoms with E-state index in [0.29, 0.717) is 29.8 Å². The van der Waals surface area contributed by atoms with Crippen molar-refractivity contribution in [1.82, 2.24) is 4.90 Å². The van der Waals surface area contributed by atoms with Gasteiger partial charge in [-0.15, -0.1) is 0 Å². The van der Waals surface area contributed by atoms with Crippen molar-refractivity contribution in [2.24, 2.45) is 0 Å². The van der Waals surface area contributed by atoms with E-state index in [-0.39, 0.29) is 12.4 Å². The Morgan fingerprint density at radius 2 is 1.74 bits per heavy atom. The van der Waals surface area contributed by atoms with Gasteiger partial charge < -0.3 is 19.9 Å². The highest BCUT2D eigenvalue weighted by atomic mass is 16.5. The first-order valence-corrected chi connectivity index (χ1v) is 12.7. The molecule has 0 saturated heterocycles. The zero-order chi connectivity index (χ0) is 25.4. The van der Waals surface area contributed by atoms with Gasteiger partial charge in [-0.05, 0) is 88.0 Å². The number of nitrogens with one attached hydrogen (secondary N) is 1. The molecule has 0 spiro atoms. The maximum atomic E-state index is 12.0. The quantitative estimate of drug-likeness (QED) is 0.344. The van der Waals surface area contributed by atoms with Gasteiger partial charge in [-0.1, -0.05) is 26.2 Å². The fourth-order valence-electron chi connectivity index (χ4n) is 4.77. The van der Waals surface area contributed by atoms with Crippen molar-refractivity contribution >= 4 is 17.6 Å². The lowest BCUT2D eigenvalue weighted by molar-refractivity contribution is -0.152. The smallest absolute Gasteiger partial charge is 0.397 e. The molecular weight excluding hydrogens is 444 g/mol. The number of ether oxygens (including phenoxy) is 2. The molecule has 0 atom stereocenters. The molecule has 2 N–H and O–H groups in total. The van der Waals surface area contributed by atoms with Crippen molar-refractivity contribution in [3.05, 3.63) is 47.0 Å². The van der Waals surface area contributed by atoms with Crippen LogP contribution in [0.4, 0.5) is 5.69 Å². The highest BCUT2D eigenvalue weighted by molar-refractivity contribution is 6.37. The molecule has 0 aromatic heterocycles. The standard InChI is InChI=1S/C28H38N2O5/c1-5-14-30(23-10-8-7-9-11-23)18-21-17-24(12-13-25(21)31)35-26-19(3)15-22(16-20(26)4)29-27(32)28(33)34-6-2/h12-13,15-17,23,31H,5-11,14,18H2,1-4H3,(H,29,32). The number of nitrogens with zero attached hydrogens (tertiary/aromatic N) is 1. The van der Waals surface area contributed by atoms with Gasteiger partial charge in [0.25, 0.3) is 0 Å². The average molecular weight is 483 g/mol. The molecule has 2 aromatic rings. The third-order valence-electron chi connectivity index (χ3n) is 6.43. The number of carbonyl (C=O) groups is 2. The van der Waals surface area contributed by atoms with Crippen molar-refractivity contribution < 1.29 is 24.2 Å². The van der Waals surface area contributed by atoms with E-state index in [2.05, 4.69) is 17.1 Å². The highest BCUT2D eigenvalue weighted by Gasteiger charge is 2.22. The van der Waals surface area contributed by atoms with Gasteiger partial charge >= 0.3 is 11.9 Å². The van der Waals surface area contributed by atoms with Crippen LogP contribution in [0.5, 0.6) is 17.2 Å². The normalized spacial score (nSPS) is 14.1. The number of anilines is 1. The first kappa shape index (κ1) is 26.5. The third-order valence-corrected chi connectivity index (χ3v) is 6.43. The van der Waals surface area contributed by atoms with E-state index in [1.54, 1.807) is 31.2 Å². The molecule has 1 aliphatic carbocycles. The van der Waals surface area contributed by atoms with E-state index in [0.717, 1.165) is 29.7 Å². The topological polar surface area (TPSA) is 88.1 Å². The van der Waals surface area contributed by atoms with E-state index < -0.39 is 11.9 Å². The zero-order valence-corrected chi connectivity index (χ0v) is 21.4. The Morgan fingerprint density at radius 3 is 2.37 bits per heavy atom. The summed E-state index contributed by atoms with van der Waals surface area (Å²) in [5, 5.41) is 13.1. The number of phenolic OH excluding ortho intramolecular Hbond substituents is 1. The molecule has 0 aliphatic heterocycles. The molecule has 35 heavy (non-hydrogen) atoms. The molecule has 1 aliphatic rings. The maximum absolute atomic E-state index is 12.0. The molecule has 7 heteroatoms. The molecule has 3 rings (SSSR count). The number of benzene rings is 2. The number of aryl methyl sites for hydroxylation is 2. The molecule has 1 amide bonds. The van der Waals surface area contributed by atoms with Crippen LogP contribution in [0.1, 0.15) is 69.1 Å². The predicted molar refractivity (Wildman–Crippen MR) is 137 cm³/mol. The summed E-state index contributed by atoms with van der Waals surface area (Å²) >= 11 is 0. The summed E-state index contributed by atoms with van der Waals surface area (Å²) in [6.07, 6.45) is 7.37. The lowest BCUT2D eigenvalue weighted by Gasteiger charge is -2.34. The SMILES string of the molecule is CCCN(Cc1cc(Oc2c(C)cc(NC(=O)C(=O)OCC)cc2C)ccc1O)C1CCCCC1. The number of hydrogen-bond acceptors (Lipinski definition) is 6. The van der Waals surface area contributed by atoms with Gasteiger partial charge in [-0.2, -0.15) is 0 Å². The van der Waals surface area contributed by atoms with Gasteiger partial charge in [-0.25, -0.2) is 4.79 Å². The minimum Gasteiger partial charge on any atom is -0.508 e. The summed E-state index contributed by atoms with van der Waals surface area (Å²) in [5.74, 6) is -0.122. The lowest BCUT2D eigenvalue weighted by Crippen LogP contribution is -2.36. The highest BCUT2D eigenvalue weighted by Crippen LogP contribution is 2.34. The van der Waals surface area contributed by atoms with E-state index in [9.17, 15) is 14.7 Å². The molecule has 0 radical (unpaired) electrons. The second-order valence-corrected chi connectivity index (χ2v) is 9.27. The Bertz CT molecular complexity index is 1010. The minimum absolute atomic E-state index is 0.141. The zero-order valence-electron chi connectivity index (χ0n) is 21.4. The molecule has 2 aromatic carbocycles. The second kappa shape index (κ2) is 12.6. The predicted octanol–water partition coefficient (Wildman–Crippen LogP) is 5.85. The third kappa shape index (κ3) is 7.21. The van der Waals surface area contributed by atoms with E-state index in [1.807, 2.05) is 19.9 Å². The average Bonchev–Trinajstić information content (AvgIpc) is 2.83. The monoisotopic (exact) mass is 482 g/mol. The molecule has 7 nitrogen and oxygen atoms in total. The Labute approximate surface area is 208 Å². The number of aromatic hydroxyl groups is 1. The largest absolute Gasteiger partial charge is 0.508 e. The van der Waals surface area contributed by atoms with Gasteiger partial charge in [0.1, 0.15) is 17.2 Å². The number of carbonyl (C=O) groups excluding carboxylic acids is 2. The fourth-order valence-corrected chi connectivity index (χ4v) is 4.77. The van der Waals surface area contributed by atoms with Crippen LogP contribution in [-0.2, 0) is 20.9 Å². The molecule has 0 bridgehead atoms. The number of phenols is 1. The molecule has 1 saturated carbocycles. The molecule has 190 valence electrons. The van der Waals surface area contributed by atoms with Crippen molar-refractivity contribution in [2.75, 3.05) is 18.5 Å². The van der Waals surface area contributed by atoms with E-state index in [1.165, 1.54) is 32.1 Å². The Kier molecular flexibility index (Phi) is 9.55. The minimum atomic E-state index is -0.912. The fraction of sp³-hybridized carbons (Fsp3) is 0.500. The summed E-state index contributed by atoms with van der Waals surface area (Å²) < 4.78 is 11.0. The van der Waals surface area contributed by atoms with Crippen molar-refractivity contribution in [1.29, 1.82) is 0 Å². The Balaban J connectivity index is 1.76. The molecular formula is C28H38N2O5. The van der Waals surface area contributed by atoms with Crippen molar-refractivity contribution in [3.8, 4) is 17.2 Å². The van der Waals surface area contributed by atoms with Crippen LogP contribution >= 0.6 is 0 Å². The van der Waals surface area contributed by atoms with Crippen LogP contribution in [-0.4, -0.2) is 41.1 Å². The van der Waals surface area contributed by atoms with Gasteiger partial charge in [0, 0.05) is 23.8 Å². The van der Waals surface area contributed by atoms with Gasteiger partial charge in [-0.3, -0.25) is 9.69 Å². The maximum Gasteiger partial charge on any atom is 0.397 e. The first-order chi connectivity index (χ1) is 16.8. The molecule has 0 unspecified atom stereocenters. The van der Waals surface area contributed by atoms with Crippen LogP contribution in [0.3, 0.4) is 0 Å². The Hall–Kier alpha value is -3.06. The van der Waals surface area contributed by atoms with Gasteiger partial charge in [0.2, 0.25) is 0 Å². The summed E-state index contributed by atoms with van der Waals surface area (Å²) in [4.78, 5) is 26.1. The summed E-state index contributed by atoms with van der Waals surface area (Å²) in [6.45, 7) is 9.45. The second-order valence-electron chi connectivity index (χ2n) is 9.27. The van der Waals surface area contributed by atoms with E-state index in [4.69, 9.17) is 9.47 Å². The van der Waals surface area contributed by atoms with Crippen LogP contribution in [0, 0.1) is 13.8 Å². The molecule has 1 fully saturated rings. The number of rotatable bonds is 9. The van der Waals surface area contributed by atoms with Crippen LogP contribution in [0.25, 0.3) is 0 Å². The Morgan fingerprint density at radius 1 is 1.06 bits per heavy atom. The van der Waals surface area contributed by atoms with Gasteiger partial charge in [0.15, 0.2) is 0 Å². The number of amides is 1. The van der Waals surface area contributed by atoms with Crippen molar-refractivity contribution in [3.63, 3.8) is 0 Å². The van der Waals surface area contributed by atoms with E-state index >= 15 is 0 Å². The molecule has 0 heterocycles. The summed E-state index contributed by atoms with van der Waals surface area (Å²) in [6, 6.07) is 9.44. The van der Waals surface area contributed by atoms with Crippen LogP contribution in [0.15, 0.2) is 30.3 Å². The number of esters is 1. The lowest BCUT2D eigenvalue weighted by atomic mass is 9.93. The first-order valence-electron chi connectivity index (χ1n) is 12.7. The van der Waals surface area contributed by atoms with Crippen molar-refractivity contribution in [2.45, 2.75) is 78.8 Å². The summed E-state index contributed by atoms with van der Waals surface area (Å²) in [5.41, 5.74) is 2.98. The van der Waals surface area contributed by atoms with Crippen LogP contribution < -0.4 is 10.1 Å². The van der Waals surface area contributed by atoms with Crippen LogP contribution in [0.2, 0.25) is 0 Å². The summed E-state index contributed by atoms with van der Waals surface area (Å²) in [7, 11) is 0. The van der Waals surface area contributed by atoms with Gasteiger partial charge in [0.05, 0.1) is 6.61 Å².